The van der Waals surface area contributed by atoms with Gasteiger partial charge in [-0.2, -0.15) is 0 Å². The summed E-state index contributed by atoms with van der Waals surface area (Å²) in [7, 11) is 0. The number of aryl methyl sites for hydroxylation is 1. The van der Waals surface area contributed by atoms with E-state index in [1.54, 1.807) is 4.68 Å². The Morgan fingerprint density at radius 3 is 2.67 bits per heavy atom. The minimum absolute atomic E-state index is 0.0594. The second kappa shape index (κ2) is 7.68. The van der Waals surface area contributed by atoms with Crippen LogP contribution in [0.3, 0.4) is 0 Å². The third kappa shape index (κ3) is 4.38. The van der Waals surface area contributed by atoms with Crippen LogP contribution < -0.4 is 4.74 Å². The molecule has 2 aromatic carbocycles. The van der Waals surface area contributed by atoms with Crippen molar-refractivity contribution < 1.29 is 13.5 Å². The zero-order valence-corrected chi connectivity index (χ0v) is 13.0. The number of aromatic nitrogens is 3. The topological polar surface area (TPSA) is 39.9 Å². The van der Waals surface area contributed by atoms with E-state index in [9.17, 15) is 8.78 Å². The van der Waals surface area contributed by atoms with E-state index in [1.165, 1.54) is 12.1 Å². The van der Waals surface area contributed by atoms with Crippen molar-refractivity contribution in [1.82, 2.24) is 15.0 Å². The summed E-state index contributed by atoms with van der Waals surface area (Å²) in [4.78, 5) is 0. The Morgan fingerprint density at radius 1 is 1.04 bits per heavy atom. The first-order valence-corrected chi connectivity index (χ1v) is 7.71. The number of halogens is 2. The molecule has 0 fully saturated rings. The Bertz CT molecular complexity index is 790. The van der Waals surface area contributed by atoms with Gasteiger partial charge in [-0.25, -0.2) is 13.5 Å². The highest BCUT2D eigenvalue weighted by Gasteiger charge is 2.06. The lowest BCUT2D eigenvalue weighted by atomic mass is 10.2. The van der Waals surface area contributed by atoms with Crippen LogP contribution in [0.15, 0.2) is 54.7 Å². The van der Waals surface area contributed by atoms with Crippen LogP contribution in [-0.4, -0.2) is 21.6 Å². The van der Waals surface area contributed by atoms with Crippen LogP contribution in [0.25, 0.3) is 0 Å². The molecule has 0 spiro atoms. The van der Waals surface area contributed by atoms with Gasteiger partial charge in [-0.1, -0.05) is 35.5 Å². The van der Waals surface area contributed by atoms with Crippen molar-refractivity contribution in [2.75, 3.05) is 6.61 Å². The number of benzene rings is 2. The fraction of sp³-hybridized carbons (Fsp3) is 0.222. The molecule has 0 amide bonds. The van der Waals surface area contributed by atoms with Gasteiger partial charge in [-0.3, -0.25) is 0 Å². The highest BCUT2D eigenvalue weighted by molar-refractivity contribution is 5.24. The minimum Gasteiger partial charge on any atom is -0.491 e. The molecule has 0 aliphatic heterocycles. The number of hydrogen-bond acceptors (Lipinski definition) is 3. The average Bonchev–Trinajstić information content (AvgIpc) is 3.01. The van der Waals surface area contributed by atoms with Gasteiger partial charge in [-0.15, -0.1) is 5.10 Å². The first kappa shape index (κ1) is 16.1. The van der Waals surface area contributed by atoms with Crippen LogP contribution in [0.1, 0.15) is 17.7 Å². The SMILES string of the molecule is Fc1ccc(OCCCc2cn(Cc3ccccc3)nn2)c(F)c1. The smallest absolute Gasteiger partial charge is 0.167 e. The van der Waals surface area contributed by atoms with Crippen molar-refractivity contribution in [2.24, 2.45) is 0 Å². The fourth-order valence-electron chi connectivity index (χ4n) is 2.33. The molecule has 0 aliphatic carbocycles. The number of ether oxygens (including phenoxy) is 1. The van der Waals surface area contributed by atoms with Crippen molar-refractivity contribution in [1.29, 1.82) is 0 Å². The highest BCUT2D eigenvalue weighted by atomic mass is 19.1. The summed E-state index contributed by atoms with van der Waals surface area (Å²) >= 11 is 0. The van der Waals surface area contributed by atoms with E-state index in [-0.39, 0.29) is 5.75 Å². The minimum atomic E-state index is -0.691. The molecule has 3 aromatic rings. The fourth-order valence-corrected chi connectivity index (χ4v) is 2.33. The molecule has 0 aliphatic rings. The number of hydrogen-bond donors (Lipinski definition) is 0. The van der Waals surface area contributed by atoms with E-state index < -0.39 is 11.6 Å². The molecule has 0 unspecified atom stereocenters. The normalized spacial score (nSPS) is 10.8. The summed E-state index contributed by atoms with van der Waals surface area (Å²) in [5.74, 6) is -1.25. The second-order valence-corrected chi connectivity index (χ2v) is 5.42. The largest absolute Gasteiger partial charge is 0.491 e. The molecule has 1 aromatic heterocycles. The Labute approximate surface area is 138 Å². The van der Waals surface area contributed by atoms with Gasteiger partial charge in [0.2, 0.25) is 0 Å². The summed E-state index contributed by atoms with van der Waals surface area (Å²) in [6.07, 6.45) is 3.24. The monoisotopic (exact) mass is 329 g/mol. The molecular weight excluding hydrogens is 312 g/mol. The van der Waals surface area contributed by atoms with E-state index in [4.69, 9.17) is 4.74 Å². The maximum atomic E-state index is 13.4. The Hall–Kier alpha value is -2.76. The van der Waals surface area contributed by atoms with Crippen molar-refractivity contribution >= 4 is 0 Å². The lowest BCUT2D eigenvalue weighted by Gasteiger charge is -2.06. The zero-order valence-electron chi connectivity index (χ0n) is 13.0. The Balaban J connectivity index is 1.45. The third-order valence-electron chi connectivity index (χ3n) is 3.50. The zero-order chi connectivity index (χ0) is 16.8. The molecule has 0 N–H and O–H groups in total. The average molecular weight is 329 g/mol. The lowest BCUT2D eigenvalue weighted by Crippen LogP contribution is -2.01. The van der Waals surface area contributed by atoms with Crippen LogP contribution in [0.4, 0.5) is 8.78 Å². The maximum absolute atomic E-state index is 13.4. The van der Waals surface area contributed by atoms with Crippen LogP contribution in [-0.2, 0) is 13.0 Å². The van der Waals surface area contributed by atoms with E-state index in [0.717, 1.165) is 17.3 Å². The third-order valence-corrected chi connectivity index (χ3v) is 3.50. The molecule has 6 heteroatoms. The van der Waals surface area contributed by atoms with Gasteiger partial charge >= 0.3 is 0 Å². The molecule has 24 heavy (non-hydrogen) atoms. The van der Waals surface area contributed by atoms with Gasteiger partial charge in [0, 0.05) is 12.3 Å². The number of nitrogens with zero attached hydrogens (tertiary/aromatic N) is 3. The Morgan fingerprint density at radius 2 is 1.88 bits per heavy atom. The van der Waals surface area contributed by atoms with Gasteiger partial charge in [-0.05, 0) is 30.5 Å². The molecule has 124 valence electrons. The molecule has 0 saturated carbocycles. The van der Waals surface area contributed by atoms with Crippen molar-refractivity contribution in [3.05, 3.63) is 77.6 Å². The van der Waals surface area contributed by atoms with E-state index in [2.05, 4.69) is 10.3 Å². The quantitative estimate of drug-likeness (QED) is 0.622. The summed E-state index contributed by atoms with van der Waals surface area (Å²) < 4.78 is 33.3. The Kier molecular flexibility index (Phi) is 5.15. The molecule has 0 saturated heterocycles. The first-order chi connectivity index (χ1) is 11.7. The molecule has 3 rings (SSSR count). The van der Waals surface area contributed by atoms with Gasteiger partial charge in [0.05, 0.1) is 18.8 Å². The predicted molar refractivity (Wildman–Crippen MR) is 85.7 cm³/mol. The standard InChI is InChI=1S/C18H17F2N3O/c19-15-8-9-18(17(20)11-15)24-10-4-7-16-13-23(22-21-16)12-14-5-2-1-3-6-14/h1-3,5-6,8-9,11,13H,4,7,10,12H2. The van der Waals surface area contributed by atoms with Gasteiger partial charge in [0.15, 0.2) is 11.6 Å². The molecule has 0 radical (unpaired) electrons. The van der Waals surface area contributed by atoms with E-state index in [0.29, 0.717) is 26.0 Å². The van der Waals surface area contributed by atoms with Crippen LogP contribution in [0.2, 0.25) is 0 Å². The predicted octanol–water partition coefficient (Wildman–Crippen LogP) is 3.62. The van der Waals surface area contributed by atoms with Gasteiger partial charge in [0.25, 0.3) is 0 Å². The molecule has 4 nitrogen and oxygen atoms in total. The molecule has 0 bridgehead atoms. The summed E-state index contributed by atoms with van der Waals surface area (Å²) in [6.45, 7) is 0.999. The van der Waals surface area contributed by atoms with Crippen molar-refractivity contribution in [3.8, 4) is 5.75 Å². The first-order valence-electron chi connectivity index (χ1n) is 7.71. The van der Waals surface area contributed by atoms with Crippen LogP contribution in [0, 0.1) is 11.6 Å². The van der Waals surface area contributed by atoms with E-state index >= 15 is 0 Å². The van der Waals surface area contributed by atoms with E-state index in [1.807, 2.05) is 36.5 Å². The van der Waals surface area contributed by atoms with Crippen LogP contribution in [0.5, 0.6) is 5.75 Å². The maximum Gasteiger partial charge on any atom is 0.167 e. The molecule has 0 atom stereocenters. The summed E-state index contributed by atoms with van der Waals surface area (Å²) in [5, 5.41) is 8.22. The van der Waals surface area contributed by atoms with Gasteiger partial charge < -0.3 is 4.74 Å². The number of rotatable bonds is 7. The van der Waals surface area contributed by atoms with Crippen molar-refractivity contribution in [3.63, 3.8) is 0 Å². The molecule has 1 heterocycles. The lowest BCUT2D eigenvalue weighted by molar-refractivity contribution is 0.294. The summed E-state index contributed by atoms with van der Waals surface area (Å²) in [6, 6.07) is 13.3. The van der Waals surface area contributed by atoms with Gasteiger partial charge in [0.1, 0.15) is 5.82 Å². The van der Waals surface area contributed by atoms with Crippen LogP contribution >= 0.6 is 0 Å². The summed E-state index contributed by atoms with van der Waals surface area (Å²) in [5.41, 5.74) is 2.01. The van der Waals surface area contributed by atoms with Crippen molar-refractivity contribution in [2.45, 2.75) is 19.4 Å². The highest BCUT2D eigenvalue weighted by Crippen LogP contribution is 2.17. The molecular formula is C18H17F2N3O. The second-order valence-electron chi connectivity index (χ2n) is 5.42.